The second-order valence-corrected chi connectivity index (χ2v) is 7.97. The van der Waals surface area contributed by atoms with Gasteiger partial charge in [0.15, 0.2) is 5.82 Å². The van der Waals surface area contributed by atoms with Crippen molar-refractivity contribution in [3.8, 4) is 11.4 Å². The Morgan fingerprint density at radius 3 is 2.41 bits per heavy atom. The SMILES string of the molecule is CC(C)OC(=O)c1cccc(-c2ncc(C(=O)NC3CCN(CC(F)(F)F)CC3)cn2)c1. The van der Waals surface area contributed by atoms with Gasteiger partial charge in [-0.1, -0.05) is 12.1 Å². The third-order valence-electron chi connectivity index (χ3n) is 4.94. The fourth-order valence-corrected chi connectivity index (χ4v) is 3.42. The van der Waals surface area contributed by atoms with E-state index in [2.05, 4.69) is 15.3 Å². The van der Waals surface area contributed by atoms with Crippen molar-refractivity contribution in [1.29, 1.82) is 0 Å². The molecule has 1 N–H and O–H groups in total. The largest absolute Gasteiger partial charge is 0.459 e. The number of amides is 1. The van der Waals surface area contributed by atoms with Crippen LogP contribution in [0.1, 0.15) is 47.4 Å². The minimum absolute atomic E-state index is 0.199. The highest BCUT2D eigenvalue weighted by atomic mass is 19.4. The number of esters is 1. The number of carbonyl (C=O) groups is 2. The highest BCUT2D eigenvalue weighted by molar-refractivity contribution is 5.94. The van der Waals surface area contributed by atoms with Crippen LogP contribution in [0.5, 0.6) is 0 Å². The highest BCUT2D eigenvalue weighted by Crippen LogP contribution is 2.20. The summed E-state index contributed by atoms with van der Waals surface area (Å²) in [7, 11) is 0. The lowest BCUT2D eigenvalue weighted by Crippen LogP contribution is -2.47. The van der Waals surface area contributed by atoms with E-state index in [4.69, 9.17) is 4.74 Å². The third-order valence-corrected chi connectivity index (χ3v) is 4.94. The molecule has 1 saturated heterocycles. The molecule has 2 heterocycles. The fraction of sp³-hybridized carbons (Fsp3) is 0.455. The summed E-state index contributed by atoms with van der Waals surface area (Å²) in [6.45, 7) is 3.14. The first-order valence-electron chi connectivity index (χ1n) is 10.3. The van der Waals surface area contributed by atoms with Crippen molar-refractivity contribution in [2.24, 2.45) is 0 Å². The summed E-state index contributed by atoms with van der Waals surface area (Å²) >= 11 is 0. The van der Waals surface area contributed by atoms with Gasteiger partial charge in [-0.25, -0.2) is 14.8 Å². The molecule has 0 bridgehead atoms. The van der Waals surface area contributed by atoms with Gasteiger partial charge in [0.25, 0.3) is 5.91 Å². The summed E-state index contributed by atoms with van der Waals surface area (Å²) in [6.07, 6.45) is -0.800. The lowest BCUT2D eigenvalue weighted by Gasteiger charge is -2.32. The van der Waals surface area contributed by atoms with Crippen molar-refractivity contribution in [3.63, 3.8) is 0 Å². The molecule has 32 heavy (non-hydrogen) atoms. The van der Waals surface area contributed by atoms with Crippen molar-refractivity contribution in [1.82, 2.24) is 20.2 Å². The van der Waals surface area contributed by atoms with Crippen LogP contribution in [0, 0.1) is 0 Å². The van der Waals surface area contributed by atoms with Gasteiger partial charge in [-0.05, 0) is 38.8 Å². The molecule has 1 aromatic heterocycles. The number of nitrogens with zero attached hydrogens (tertiary/aromatic N) is 3. The number of halogens is 3. The summed E-state index contributed by atoms with van der Waals surface area (Å²) in [5, 5.41) is 2.83. The number of hydrogen-bond donors (Lipinski definition) is 1. The Hall–Kier alpha value is -3.01. The van der Waals surface area contributed by atoms with Crippen LogP contribution in [0.25, 0.3) is 11.4 Å². The molecule has 1 amide bonds. The van der Waals surface area contributed by atoms with Crippen LogP contribution in [-0.4, -0.2) is 64.7 Å². The van der Waals surface area contributed by atoms with Gasteiger partial charge in [-0.3, -0.25) is 9.69 Å². The van der Waals surface area contributed by atoms with Gasteiger partial charge in [-0.15, -0.1) is 0 Å². The molecular formula is C22H25F3N4O3. The van der Waals surface area contributed by atoms with E-state index in [1.165, 1.54) is 17.3 Å². The molecule has 1 aliphatic heterocycles. The lowest BCUT2D eigenvalue weighted by molar-refractivity contribution is -0.148. The van der Waals surface area contributed by atoms with E-state index >= 15 is 0 Å². The Morgan fingerprint density at radius 2 is 1.81 bits per heavy atom. The zero-order valence-corrected chi connectivity index (χ0v) is 17.9. The number of rotatable bonds is 6. The average Bonchev–Trinajstić information content (AvgIpc) is 2.74. The molecule has 2 aromatic rings. The minimum Gasteiger partial charge on any atom is -0.459 e. The van der Waals surface area contributed by atoms with E-state index in [0.717, 1.165) is 0 Å². The van der Waals surface area contributed by atoms with Crippen molar-refractivity contribution in [2.45, 2.75) is 45.0 Å². The minimum atomic E-state index is -4.22. The number of ether oxygens (including phenoxy) is 1. The van der Waals surface area contributed by atoms with E-state index in [1.807, 2.05) is 0 Å². The normalized spacial score (nSPS) is 15.6. The van der Waals surface area contributed by atoms with Crippen LogP contribution in [0.3, 0.4) is 0 Å². The molecule has 3 rings (SSSR count). The van der Waals surface area contributed by atoms with Crippen molar-refractivity contribution in [3.05, 3.63) is 47.8 Å². The zero-order chi connectivity index (χ0) is 23.3. The van der Waals surface area contributed by atoms with Gasteiger partial charge in [0, 0.05) is 37.1 Å². The number of aromatic nitrogens is 2. The predicted octanol–water partition coefficient (Wildman–Crippen LogP) is 3.47. The van der Waals surface area contributed by atoms with Crippen molar-refractivity contribution < 1.29 is 27.5 Å². The average molecular weight is 450 g/mol. The zero-order valence-electron chi connectivity index (χ0n) is 17.9. The van der Waals surface area contributed by atoms with E-state index in [1.54, 1.807) is 38.1 Å². The molecule has 1 fully saturated rings. The summed E-state index contributed by atoms with van der Waals surface area (Å²) in [5.41, 5.74) is 1.23. The maximum absolute atomic E-state index is 12.5. The molecule has 0 unspecified atom stereocenters. The molecule has 1 aromatic carbocycles. The topological polar surface area (TPSA) is 84.4 Å². The van der Waals surface area contributed by atoms with Crippen LogP contribution < -0.4 is 5.32 Å². The molecule has 172 valence electrons. The molecule has 0 spiro atoms. The first-order valence-corrected chi connectivity index (χ1v) is 10.3. The third kappa shape index (κ3) is 6.74. The van der Waals surface area contributed by atoms with Gasteiger partial charge in [0.05, 0.1) is 23.8 Å². The van der Waals surface area contributed by atoms with Crippen molar-refractivity contribution in [2.75, 3.05) is 19.6 Å². The van der Waals surface area contributed by atoms with Gasteiger partial charge in [0.1, 0.15) is 0 Å². The van der Waals surface area contributed by atoms with E-state index < -0.39 is 18.7 Å². The Morgan fingerprint density at radius 1 is 1.16 bits per heavy atom. The monoisotopic (exact) mass is 450 g/mol. The van der Waals surface area contributed by atoms with Gasteiger partial charge in [-0.2, -0.15) is 13.2 Å². The molecule has 10 heteroatoms. The lowest BCUT2D eigenvalue weighted by atomic mass is 10.0. The number of likely N-dealkylation sites (tertiary alicyclic amines) is 1. The maximum atomic E-state index is 12.5. The number of alkyl halides is 3. The standard InChI is InChI=1S/C22H25F3N4O3/c1-14(2)32-21(31)16-5-3-4-15(10-16)19-26-11-17(12-27-19)20(30)28-18-6-8-29(9-7-18)13-22(23,24)25/h3-5,10-12,14,18H,6-9,13H2,1-2H3,(H,28,30). The second kappa shape index (κ2) is 10.1. The Labute approximate surface area is 184 Å². The molecule has 0 aliphatic carbocycles. The first kappa shape index (κ1) is 23.6. The van der Waals surface area contributed by atoms with E-state index in [-0.39, 0.29) is 36.7 Å². The Kier molecular flexibility index (Phi) is 7.44. The predicted molar refractivity (Wildman–Crippen MR) is 111 cm³/mol. The molecule has 0 atom stereocenters. The van der Waals surface area contributed by atoms with Crippen LogP contribution in [0.2, 0.25) is 0 Å². The van der Waals surface area contributed by atoms with Gasteiger partial charge in [0.2, 0.25) is 0 Å². The van der Waals surface area contributed by atoms with Gasteiger partial charge < -0.3 is 10.1 Å². The summed E-state index contributed by atoms with van der Waals surface area (Å²) in [4.78, 5) is 34.3. The smallest absolute Gasteiger partial charge is 0.401 e. The van der Waals surface area contributed by atoms with Crippen LogP contribution in [0.4, 0.5) is 13.2 Å². The summed E-state index contributed by atoms with van der Waals surface area (Å²) < 4.78 is 42.7. The maximum Gasteiger partial charge on any atom is 0.401 e. The van der Waals surface area contributed by atoms with Crippen molar-refractivity contribution >= 4 is 11.9 Å². The number of nitrogens with one attached hydrogen (secondary N) is 1. The highest BCUT2D eigenvalue weighted by Gasteiger charge is 2.32. The molecule has 0 saturated carbocycles. The number of piperidine rings is 1. The summed E-state index contributed by atoms with van der Waals surface area (Å²) in [6, 6.07) is 6.50. The number of carbonyl (C=O) groups excluding carboxylic acids is 2. The Bertz CT molecular complexity index is 940. The van der Waals surface area contributed by atoms with Gasteiger partial charge >= 0.3 is 12.1 Å². The molecule has 0 radical (unpaired) electrons. The number of benzene rings is 1. The van der Waals surface area contributed by atoms with Crippen LogP contribution in [-0.2, 0) is 4.74 Å². The van der Waals surface area contributed by atoms with E-state index in [0.29, 0.717) is 29.8 Å². The Balaban J connectivity index is 1.58. The fourth-order valence-electron chi connectivity index (χ4n) is 3.42. The second-order valence-electron chi connectivity index (χ2n) is 7.97. The van der Waals surface area contributed by atoms with Crippen LogP contribution >= 0.6 is 0 Å². The molecule has 1 aliphatic rings. The first-order chi connectivity index (χ1) is 15.1. The van der Waals surface area contributed by atoms with Crippen LogP contribution in [0.15, 0.2) is 36.7 Å². The quantitative estimate of drug-likeness (QED) is 0.679. The molecule has 7 nitrogen and oxygen atoms in total. The van der Waals surface area contributed by atoms with E-state index in [9.17, 15) is 22.8 Å². The molecular weight excluding hydrogens is 425 g/mol. The summed E-state index contributed by atoms with van der Waals surface area (Å²) in [5.74, 6) is -0.472. The number of hydrogen-bond acceptors (Lipinski definition) is 6.